The molecule has 1 heteroatoms. The third-order valence-electron chi connectivity index (χ3n) is 4.92. The van der Waals surface area contributed by atoms with Crippen molar-refractivity contribution in [2.24, 2.45) is 11.8 Å². The molecule has 3 atom stereocenters. The summed E-state index contributed by atoms with van der Waals surface area (Å²) in [6, 6.07) is 0. The lowest BCUT2D eigenvalue weighted by molar-refractivity contribution is 0.498. The maximum absolute atomic E-state index is 2.45. The summed E-state index contributed by atoms with van der Waals surface area (Å²) in [4.78, 5) is 0. The molecule has 1 saturated carbocycles. The van der Waals surface area contributed by atoms with Gasteiger partial charge in [0, 0.05) is 0 Å². The highest BCUT2D eigenvalue weighted by Gasteiger charge is 2.43. The van der Waals surface area contributed by atoms with Crippen molar-refractivity contribution < 1.29 is 0 Å². The van der Waals surface area contributed by atoms with Gasteiger partial charge in [0.15, 0.2) is 0 Å². The summed E-state index contributed by atoms with van der Waals surface area (Å²) in [5, 5.41) is 0. The van der Waals surface area contributed by atoms with Crippen LogP contribution < -0.4 is 0 Å². The summed E-state index contributed by atoms with van der Waals surface area (Å²) < 4.78 is 0. The molecule has 0 nitrogen and oxygen atoms in total. The fourth-order valence-corrected chi connectivity index (χ4v) is 8.29. The Hall–Kier alpha value is -0.0900. The van der Waals surface area contributed by atoms with Gasteiger partial charge in [-0.15, -0.1) is 0 Å². The van der Waals surface area contributed by atoms with Gasteiger partial charge < -0.3 is 0 Å². The highest BCUT2D eigenvalue weighted by Crippen LogP contribution is 2.61. The van der Waals surface area contributed by atoms with Gasteiger partial charge in [-0.2, -0.15) is 0 Å². The average Bonchev–Trinajstić information content (AvgIpc) is 2.68. The van der Waals surface area contributed by atoms with E-state index >= 15 is 0 Å². The third-order valence-corrected chi connectivity index (χ3v) is 8.65. The van der Waals surface area contributed by atoms with E-state index in [-0.39, 0.29) is 7.92 Å². The van der Waals surface area contributed by atoms with Crippen molar-refractivity contribution in [1.82, 2.24) is 0 Å². The van der Waals surface area contributed by atoms with Crippen molar-refractivity contribution in [3.63, 3.8) is 0 Å². The Kier molecular flexibility index (Phi) is 4.37. The Morgan fingerprint density at radius 1 is 0.944 bits per heavy atom. The van der Waals surface area contributed by atoms with Gasteiger partial charge in [-0.05, 0) is 55.5 Å². The number of allylic oxidation sites excluding steroid dienone is 4. The van der Waals surface area contributed by atoms with E-state index in [4.69, 9.17) is 0 Å². The minimum atomic E-state index is 0.163. The zero-order chi connectivity index (χ0) is 13.4. The van der Waals surface area contributed by atoms with Gasteiger partial charge in [-0.1, -0.05) is 58.9 Å². The molecule has 0 amide bonds. The molecule has 2 aliphatic carbocycles. The van der Waals surface area contributed by atoms with Crippen LogP contribution in [-0.2, 0) is 0 Å². The van der Waals surface area contributed by atoms with Crippen LogP contribution in [-0.4, -0.2) is 17.0 Å². The second kappa shape index (κ2) is 5.49. The third kappa shape index (κ3) is 2.46. The molecule has 0 aromatic rings. The number of hydrogen-bond acceptors (Lipinski definition) is 0. The van der Waals surface area contributed by atoms with Gasteiger partial charge in [0.2, 0.25) is 0 Å². The first kappa shape index (κ1) is 14.3. The molecule has 0 bridgehead atoms. The van der Waals surface area contributed by atoms with Gasteiger partial charge in [-0.3, -0.25) is 0 Å². The minimum Gasteiger partial charge on any atom is -0.0976 e. The first-order valence-corrected chi connectivity index (χ1v) is 9.10. The first-order chi connectivity index (χ1) is 8.43. The predicted molar refractivity (Wildman–Crippen MR) is 84.7 cm³/mol. The van der Waals surface area contributed by atoms with Crippen LogP contribution in [0.25, 0.3) is 0 Å². The quantitative estimate of drug-likeness (QED) is 0.583. The van der Waals surface area contributed by atoms with E-state index in [9.17, 15) is 0 Å². The monoisotopic (exact) mass is 264 g/mol. The average molecular weight is 264 g/mol. The standard InChI is InChI=1S/C17H29P/c1-11(2)18(12(3)4)16-10-9-15-13(5)7-8-14(6)17(15)16/h7-8,11-12,15-17H,9-10H2,1-6H3. The van der Waals surface area contributed by atoms with Crippen LogP contribution in [0.4, 0.5) is 0 Å². The van der Waals surface area contributed by atoms with E-state index in [1.165, 1.54) is 12.8 Å². The van der Waals surface area contributed by atoms with E-state index < -0.39 is 0 Å². The van der Waals surface area contributed by atoms with Gasteiger partial charge >= 0.3 is 0 Å². The molecule has 3 unspecified atom stereocenters. The Morgan fingerprint density at radius 2 is 1.50 bits per heavy atom. The fourth-order valence-electron chi connectivity index (χ4n) is 4.30. The summed E-state index contributed by atoms with van der Waals surface area (Å²) in [6.45, 7) is 14.5. The summed E-state index contributed by atoms with van der Waals surface area (Å²) in [5.74, 6) is 1.73. The molecule has 18 heavy (non-hydrogen) atoms. The molecule has 2 rings (SSSR count). The van der Waals surface area contributed by atoms with Crippen LogP contribution in [0.5, 0.6) is 0 Å². The van der Waals surface area contributed by atoms with E-state index in [2.05, 4.69) is 53.7 Å². The summed E-state index contributed by atoms with van der Waals surface area (Å²) >= 11 is 0. The van der Waals surface area contributed by atoms with E-state index in [0.717, 1.165) is 28.8 Å². The maximum Gasteiger partial charge on any atom is -0.00693 e. The van der Waals surface area contributed by atoms with Crippen LogP contribution in [0.15, 0.2) is 23.3 Å². The summed E-state index contributed by atoms with van der Waals surface area (Å²) in [5.41, 5.74) is 6.02. The van der Waals surface area contributed by atoms with E-state index in [1.807, 2.05) is 0 Å². The van der Waals surface area contributed by atoms with Crippen LogP contribution in [0, 0.1) is 11.8 Å². The van der Waals surface area contributed by atoms with Crippen molar-refractivity contribution in [1.29, 1.82) is 0 Å². The Bertz CT molecular complexity index is 354. The van der Waals surface area contributed by atoms with Crippen molar-refractivity contribution in [3.8, 4) is 0 Å². The molecule has 102 valence electrons. The van der Waals surface area contributed by atoms with Crippen molar-refractivity contribution >= 4 is 7.92 Å². The number of hydrogen-bond donors (Lipinski definition) is 0. The summed E-state index contributed by atoms with van der Waals surface area (Å²) in [7, 11) is 0.163. The normalized spacial score (nSPS) is 31.9. The molecule has 0 N–H and O–H groups in total. The summed E-state index contributed by atoms with van der Waals surface area (Å²) in [6.07, 6.45) is 7.66. The Labute approximate surface area is 115 Å². The molecule has 1 fully saturated rings. The molecule has 0 saturated heterocycles. The zero-order valence-corrected chi connectivity index (χ0v) is 13.8. The lowest BCUT2D eigenvalue weighted by Gasteiger charge is -2.38. The van der Waals surface area contributed by atoms with Crippen LogP contribution in [0.2, 0.25) is 0 Å². The largest absolute Gasteiger partial charge is 0.0976 e. The zero-order valence-electron chi connectivity index (χ0n) is 12.9. The van der Waals surface area contributed by atoms with Crippen LogP contribution in [0.1, 0.15) is 54.4 Å². The molecular weight excluding hydrogens is 235 g/mol. The molecule has 2 aliphatic rings. The van der Waals surface area contributed by atoms with E-state index in [1.54, 1.807) is 11.1 Å². The van der Waals surface area contributed by atoms with E-state index in [0.29, 0.717) is 0 Å². The van der Waals surface area contributed by atoms with Gasteiger partial charge in [-0.25, -0.2) is 0 Å². The maximum atomic E-state index is 2.45. The van der Waals surface area contributed by atoms with Gasteiger partial charge in [0.25, 0.3) is 0 Å². The van der Waals surface area contributed by atoms with Crippen molar-refractivity contribution in [2.45, 2.75) is 71.4 Å². The topological polar surface area (TPSA) is 0 Å². The minimum absolute atomic E-state index is 0.163. The smallest absolute Gasteiger partial charge is 0.00693 e. The predicted octanol–water partition coefficient (Wildman–Crippen LogP) is 5.59. The molecule has 0 aromatic carbocycles. The Balaban J connectivity index is 2.26. The van der Waals surface area contributed by atoms with Crippen LogP contribution >= 0.6 is 7.92 Å². The van der Waals surface area contributed by atoms with Gasteiger partial charge in [0.1, 0.15) is 0 Å². The van der Waals surface area contributed by atoms with Crippen LogP contribution in [0.3, 0.4) is 0 Å². The number of fused-ring (bicyclic) bond motifs is 1. The lowest BCUT2D eigenvalue weighted by Crippen LogP contribution is -2.26. The molecule has 0 aromatic heterocycles. The molecule has 0 aliphatic heterocycles. The molecule has 0 heterocycles. The Morgan fingerprint density at radius 3 is 2.06 bits per heavy atom. The highest BCUT2D eigenvalue weighted by molar-refractivity contribution is 7.59. The fraction of sp³-hybridized carbons (Fsp3) is 0.765. The first-order valence-electron chi connectivity index (χ1n) is 7.56. The SMILES string of the molecule is CC1=CC=C(C)C2C1CCC2P(C(C)C)C(C)C. The number of rotatable bonds is 3. The lowest BCUT2D eigenvalue weighted by atomic mass is 9.81. The molecular formula is C17H29P. The highest BCUT2D eigenvalue weighted by atomic mass is 31.1. The van der Waals surface area contributed by atoms with Crippen molar-refractivity contribution in [2.75, 3.05) is 0 Å². The van der Waals surface area contributed by atoms with Gasteiger partial charge in [0.05, 0.1) is 0 Å². The molecule has 0 radical (unpaired) electrons. The molecule has 0 spiro atoms. The second-order valence-corrected chi connectivity index (χ2v) is 10.4. The van der Waals surface area contributed by atoms with Crippen molar-refractivity contribution in [3.05, 3.63) is 23.3 Å². The second-order valence-electron chi connectivity index (χ2n) is 6.73.